The van der Waals surface area contributed by atoms with E-state index >= 15 is 0 Å². The van der Waals surface area contributed by atoms with Crippen molar-refractivity contribution in [3.05, 3.63) is 34.1 Å². The topological polar surface area (TPSA) is 40.6 Å². The van der Waals surface area contributed by atoms with Gasteiger partial charge in [-0.25, -0.2) is 4.39 Å². The molecule has 1 heterocycles. The van der Waals surface area contributed by atoms with Crippen LogP contribution in [0.25, 0.3) is 0 Å². The number of carbonyl (C=O) groups is 2. The SMILES string of the molecule is CN(CC(=O)N1CCCC1)C(=O)c1cccc(F)c1Br. The third-order valence-electron chi connectivity index (χ3n) is 3.36. The summed E-state index contributed by atoms with van der Waals surface area (Å²) in [5.41, 5.74) is 0.224. The Bertz CT molecular complexity index is 530. The zero-order valence-corrected chi connectivity index (χ0v) is 12.8. The highest BCUT2D eigenvalue weighted by Gasteiger charge is 2.23. The molecule has 0 bridgehead atoms. The third-order valence-corrected chi connectivity index (χ3v) is 4.17. The molecule has 1 aliphatic heterocycles. The van der Waals surface area contributed by atoms with Gasteiger partial charge in [-0.15, -0.1) is 0 Å². The maximum atomic E-state index is 13.4. The van der Waals surface area contributed by atoms with Crippen molar-refractivity contribution in [2.45, 2.75) is 12.8 Å². The highest BCUT2D eigenvalue weighted by molar-refractivity contribution is 9.10. The number of hydrogen-bond donors (Lipinski definition) is 0. The summed E-state index contributed by atoms with van der Waals surface area (Å²) in [4.78, 5) is 27.3. The zero-order valence-electron chi connectivity index (χ0n) is 11.2. The molecular formula is C14H16BrFN2O2. The fourth-order valence-electron chi connectivity index (χ4n) is 2.22. The lowest BCUT2D eigenvalue weighted by atomic mass is 10.2. The lowest BCUT2D eigenvalue weighted by Gasteiger charge is -2.21. The Labute approximate surface area is 125 Å². The largest absolute Gasteiger partial charge is 0.341 e. The summed E-state index contributed by atoms with van der Waals surface area (Å²) in [5, 5.41) is 0. The van der Waals surface area contributed by atoms with E-state index in [1.165, 1.54) is 23.1 Å². The predicted octanol–water partition coefficient (Wildman–Crippen LogP) is 2.28. The molecule has 0 atom stereocenters. The van der Waals surface area contributed by atoms with Crippen molar-refractivity contribution in [2.24, 2.45) is 0 Å². The van der Waals surface area contributed by atoms with E-state index in [4.69, 9.17) is 0 Å². The van der Waals surface area contributed by atoms with Crippen molar-refractivity contribution in [2.75, 3.05) is 26.7 Å². The Morgan fingerprint density at radius 1 is 1.35 bits per heavy atom. The normalized spacial score (nSPS) is 14.4. The first-order chi connectivity index (χ1) is 9.50. The van der Waals surface area contributed by atoms with Crippen LogP contribution in [0.15, 0.2) is 22.7 Å². The molecule has 108 valence electrons. The molecule has 1 fully saturated rings. The highest BCUT2D eigenvalue weighted by Crippen LogP contribution is 2.21. The first-order valence-electron chi connectivity index (χ1n) is 6.48. The monoisotopic (exact) mass is 342 g/mol. The van der Waals surface area contributed by atoms with Crippen molar-refractivity contribution in [3.63, 3.8) is 0 Å². The number of amides is 2. The summed E-state index contributed by atoms with van der Waals surface area (Å²) in [6.45, 7) is 1.52. The van der Waals surface area contributed by atoms with Gasteiger partial charge in [0.2, 0.25) is 5.91 Å². The molecule has 0 radical (unpaired) electrons. The number of rotatable bonds is 3. The van der Waals surface area contributed by atoms with Crippen molar-refractivity contribution in [1.82, 2.24) is 9.80 Å². The molecule has 1 aromatic rings. The number of carbonyl (C=O) groups excluding carboxylic acids is 2. The first-order valence-corrected chi connectivity index (χ1v) is 7.27. The molecule has 4 nitrogen and oxygen atoms in total. The van der Waals surface area contributed by atoms with E-state index in [-0.39, 0.29) is 28.4 Å². The summed E-state index contributed by atoms with van der Waals surface area (Å²) in [5.74, 6) is -0.926. The number of hydrogen-bond acceptors (Lipinski definition) is 2. The van der Waals surface area contributed by atoms with Gasteiger partial charge in [0.05, 0.1) is 16.6 Å². The molecule has 2 rings (SSSR count). The van der Waals surface area contributed by atoms with E-state index in [9.17, 15) is 14.0 Å². The van der Waals surface area contributed by atoms with Gasteiger partial charge in [0.1, 0.15) is 5.82 Å². The Morgan fingerprint density at radius 3 is 2.65 bits per heavy atom. The molecule has 1 aliphatic rings. The Morgan fingerprint density at radius 2 is 2.00 bits per heavy atom. The van der Waals surface area contributed by atoms with Gasteiger partial charge in [0, 0.05) is 20.1 Å². The quantitative estimate of drug-likeness (QED) is 0.845. The second kappa shape index (κ2) is 6.35. The number of likely N-dealkylation sites (N-methyl/N-ethyl adjacent to an activating group) is 1. The van der Waals surface area contributed by atoms with Gasteiger partial charge in [0.15, 0.2) is 0 Å². The van der Waals surface area contributed by atoms with Crippen LogP contribution in [0.3, 0.4) is 0 Å². The van der Waals surface area contributed by atoms with Crippen LogP contribution in [0.5, 0.6) is 0 Å². The van der Waals surface area contributed by atoms with Crippen molar-refractivity contribution in [1.29, 1.82) is 0 Å². The maximum absolute atomic E-state index is 13.4. The Hall–Kier alpha value is -1.43. The number of likely N-dealkylation sites (tertiary alicyclic amines) is 1. The molecule has 0 spiro atoms. The maximum Gasteiger partial charge on any atom is 0.255 e. The molecule has 0 N–H and O–H groups in total. The zero-order chi connectivity index (χ0) is 14.7. The Balaban J connectivity index is 2.04. The van der Waals surface area contributed by atoms with Crippen LogP contribution < -0.4 is 0 Å². The van der Waals surface area contributed by atoms with Crippen LogP contribution in [-0.4, -0.2) is 48.3 Å². The fourth-order valence-corrected chi connectivity index (χ4v) is 2.65. The molecule has 1 saturated heterocycles. The molecule has 1 aromatic carbocycles. The van der Waals surface area contributed by atoms with Gasteiger partial charge < -0.3 is 9.80 Å². The average molecular weight is 343 g/mol. The standard InChI is InChI=1S/C14H16BrFN2O2/c1-17(9-12(19)18-7-2-3-8-18)14(20)10-5-4-6-11(16)13(10)15/h4-6H,2-3,7-9H2,1H3. The number of halogens is 2. The van der Waals surface area contributed by atoms with E-state index in [2.05, 4.69) is 15.9 Å². The minimum atomic E-state index is -0.491. The first kappa shape index (κ1) is 15.0. The number of nitrogens with zero attached hydrogens (tertiary/aromatic N) is 2. The van der Waals surface area contributed by atoms with Crippen molar-refractivity contribution >= 4 is 27.7 Å². The van der Waals surface area contributed by atoms with Gasteiger partial charge >= 0.3 is 0 Å². The minimum absolute atomic E-state index is 0.0157. The summed E-state index contributed by atoms with van der Waals surface area (Å²) in [6.07, 6.45) is 2.03. The molecule has 0 aliphatic carbocycles. The summed E-state index contributed by atoms with van der Waals surface area (Å²) in [7, 11) is 1.55. The molecule has 0 saturated carbocycles. The molecule has 0 unspecified atom stereocenters. The minimum Gasteiger partial charge on any atom is -0.341 e. The molecule has 0 aromatic heterocycles. The molecule has 6 heteroatoms. The van der Waals surface area contributed by atoms with Crippen LogP contribution in [0.4, 0.5) is 4.39 Å². The van der Waals surface area contributed by atoms with Gasteiger partial charge in [-0.3, -0.25) is 9.59 Å². The van der Waals surface area contributed by atoms with E-state index in [0.717, 1.165) is 25.9 Å². The lowest BCUT2D eigenvalue weighted by molar-refractivity contribution is -0.130. The second-order valence-corrected chi connectivity index (χ2v) is 5.64. The summed E-state index contributed by atoms with van der Waals surface area (Å²) < 4.78 is 13.5. The van der Waals surface area contributed by atoms with Crippen LogP contribution in [0.2, 0.25) is 0 Å². The van der Waals surface area contributed by atoms with Gasteiger partial charge in [-0.1, -0.05) is 6.07 Å². The third kappa shape index (κ3) is 3.17. The molecule has 20 heavy (non-hydrogen) atoms. The highest BCUT2D eigenvalue weighted by atomic mass is 79.9. The second-order valence-electron chi connectivity index (χ2n) is 4.85. The molecular weight excluding hydrogens is 327 g/mol. The molecule has 2 amide bonds. The van der Waals surface area contributed by atoms with Crippen molar-refractivity contribution in [3.8, 4) is 0 Å². The van der Waals surface area contributed by atoms with Gasteiger partial charge in [-0.2, -0.15) is 0 Å². The Kier molecular flexibility index (Phi) is 4.75. The van der Waals surface area contributed by atoms with Crippen LogP contribution >= 0.6 is 15.9 Å². The van der Waals surface area contributed by atoms with E-state index in [1.54, 1.807) is 11.9 Å². The average Bonchev–Trinajstić information content (AvgIpc) is 2.95. The van der Waals surface area contributed by atoms with Crippen LogP contribution in [-0.2, 0) is 4.79 Å². The lowest BCUT2D eigenvalue weighted by Crippen LogP contribution is -2.40. The van der Waals surface area contributed by atoms with Crippen LogP contribution in [0, 0.1) is 5.82 Å². The summed E-state index contributed by atoms with van der Waals surface area (Å²) in [6, 6.07) is 4.28. The van der Waals surface area contributed by atoms with Gasteiger partial charge in [-0.05, 0) is 40.9 Å². The fraction of sp³-hybridized carbons (Fsp3) is 0.429. The van der Waals surface area contributed by atoms with Crippen LogP contribution in [0.1, 0.15) is 23.2 Å². The van der Waals surface area contributed by atoms with Gasteiger partial charge in [0.25, 0.3) is 5.91 Å². The smallest absolute Gasteiger partial charge is 0.255 e. The van der Waals surface area contributed by atoms with E-state index in [0.29, 0.717) is 0 Å². The van der Waals surface area contributed by atoms with Crippen molar-refractivity contribution < 1.29 is 14.0 Å². The summed E-state index contributed by atoms with van der Waals surface area (Å²) >= 11 is 3.06. The van der Waals surface area contributed by atoms with E-state index < -0.39 is 5.82 Å². The number of benzene rings is 1. The van der Waals surface area contributed by atoms with E-state index in [1.807, 2.05) is 0 Å². The predicted molar refractivity (Wildman–Crippen MR) is 76.9 cm³/mol.